The van der Waals surface area contributed by atoms with E-state index in [0.29, 0.717) is 28.3 Å². The van der Waals surface area contributed by atoms with E-state index in [1.54, 1.807) is 48.7 Å². The summed E-state index contributed by atoms with van der Waals surface area (Å²) < 4.78 is 1.06. The number of amides is 1. The molecule has 0 fully saturated rings. The summed E-state index contributed by atoms with van der Waals surface area (Å²) in [6, 6.07) is 14.7. The van der Waals surface area contributed by atoms with Gasteiger partial charge in [-0.1, -0.05) is 6.07 Å². The standard InChI is InChI=1S/C18H14N6O2/c19-9-12-2-1-3-14(8-12)22-17(25)11-24-18(26)7-5-15(23-24)13-4-6-16(20)21-10-13/h1-8,10H,11H2,(H2,20,21)(H,22,25). The van der Waals surface area contributed by atoms with Crippen LogP contribution in [-0.4, -0.2) is 20.7 Å². The van der Waals surface area contributed by atoms with Crippen LogP contribution >= 0.6 is 0 Å². The van der Waals surface area contributed by atoms with Crippen LogP contribution in [0.2, 0.25) is 0 Å². The number of carbonyl (C=O) groups excluding carboxylic acids is 1. The maximum atomic E-state index is 12.2. The topological polar surface area (TPSA) is 127 Å². The van der Waals surface area contributed by atoms with Crippen molar-refractivity contribution in [1.29, 1.82) is 5.26 Å². The van der Waals surface area contributed by atoms with Gasteiger partial charge in [0, 0.05) is 23.5 Å². The first-order chi connectivity index (χ1) is 12.5. The van der Waals surface area contributed by atoms with Crippen LogP contribution in [0.3, 0.4) is 0 Å². The number of aromatic nitrogens is 3. The molecule has 0 radical (unpaired) electrons. The molecule has 1 aromatic carbocycles. The van der Waals surface area contributed by atoms with Gasteiger partial charge in [-0.2, -0.15) is 10.4 Å². The predicted molar refractivity (Wildman–Crippen MR) is 95.9 cm³/mol. The van der Waals surface area contributed by atoms with Crippen molar-refractivity contribution in [3.63, 3.8) is 0 Å². The molecule has 0 atom stereocenters. The minimum Gasteiger partial charge on any atom is -0.384 e. The second-order valence-corrected chi connectivity index (χ2v) is 5.43. The lowest BCUT2D eigenvalue weighted by atomic mass is 10.2. The third-order valence-corrected chi connectivity index (χ3v) is 3.52. The van der Waals surface area contributed by atoms with Crippen molar-refractivity contribution in [2.75, 3.05) is 11.1 Å². The normalized spacial score (nSPS) is 10.1. The molecule has 3 N–H and O–H groups in total. The predicted octanol–water partition coefficient (Wildman–Crippen LogP) is 1.40. The summed E-state index contributed by atoms with van der Waals surface area (Å²) in [5.41, 5.74) is 7.23. The molecule has 0 bridgehead atoms. The first kappa shape index (κ1) is 16.9. The van der Waals surface area contributed by atoms with Gasteiger partial charge in [-0.05, 0) is 36.4 Å². The SMILES string of the molecule is N#Cc1cccc(NC(=O)Cn2nc(-c3ccc(N)nc3)ccc2=O)c1. The molecule has 8 heteroatoms. The average Bonchev–Trinajstić information content (AvgIpc) is 2.64. The van der Waals surface area contributed by atoms with Crippen LogP contribution in [0.1, 0.15) is 5.56 Å². The molecule has 0 aliphatic rings. The molecule has 0 spiro atoms. The van der Waals surface area contributed by atoms with Crippen LogP contribution in [0.5, 0.6) is 0 Å². The van der Waals surface area contributed by atoms with Gasteiger partial charge >= 0.3 is 0 Å². The van der Waals surface area contributed by atoms with Crippen LogP contribution in [0.4, 0.5) is 11.5 Å². The van der Waals surface area contributed by atoms with E-state index in [0.717, 1.165) is 4.68 Å². The number of carbonyl (C=O) groups is 1. The Bertz CT molecular complexity index is 1050. The second-order valence-electron chi connectivity index (χ2n) is 5.43. The Kier molecular flexibility index (Phi) is 4.71. The van der Waals surface area contributed by atoms with Crippen molar-refractivity contribution in [3.05, 3.63) is 70.6 Å². The fourth-order valence-corrected chi connectivity index (χ4v) is 2.28. The van der Waals surface area contributed by atoms with Crippen LogP contribution in [-0.2, 0) is 11.3 Å². The van der Waals surface area contributed by atoms with E-state index in [9.17, 15) is 9.59 Å². The number of benzene rings is 1. The van der Waals surface area contributed by atoms with Gasteiger partial charge in [0.2, 0.25) is 5.91 Å². The van der Waals surface area contributed by atoms with Gasteiger partial charge in [-0.25, -0.2) is 9.67 Å². The minimum absolute atomic E-state index is 0.258. The molecule has 26 heavy (non-hydrogen) atoms. The zero-order chi connectivity index (χ0) is 18.5. The molecule has 0 aliphatic carbocycles. The molecular formula is C18H14N6O2. The van der Waals surface area contributed by atoms with Crippen molar-refractivity contribution in [3.8, 4) is 17.3 Å². The Morgan fingerprint density at radius 1 is 1.23 bits per heavy atom. The molecule has 128 valence electrons. The highest BCUT2D eigenvalue weighted by Crippen LogP contribution is 2.15. The number of nitrogens with zero attached hydrogens (tertiary/aromatic N) is 4. The number of hydrogen-bond donors (Lipinski definition) is 2. The molecule has 8 nitrogen and oxygen atoms in total. The Balaban J connectivity index is 1.79. The summed E-state index contributed by atoms with van der Waals surface area (Å²) in [5, 5.41) is 15.7. The number of nitrogen functional groups attached to an aromatic ring is 1. The molecule has 2 heterocycles. The summed E-state index contributed by atoms with van der Waals surface area (Å²) in [4.78, 5) is 28.2. The summed E-state index contributed by atoms with van der Waals surface area (Å²) in [6.45, 7) is -0.258. The maximum absolute atomic E-state index is 12.2. The number of hydrogen-bond acceptors (Lipinski definition) is 6. The van der Waals surface area contributed by atoms with Crippen molar-refractivity contribution < 1.29 is 4.79 Å². The summed E-state index contributed by atoms with van der Waals surface area (Å²) >= 11 is 0. The van der Waals surface area contributed by atoms with Gasteiger partial charge in [0.05, 0.1) is 17.3 Å². The van der Waals surface area contributed by atoms with E-state index in [1.807, 2.05) is 6.07 Å². The van der Waals surface area contributed by atoms with Crippen molar-refractivity contribution in [1.82, 2.24) is 14.8 Å². The van der Waals surface area contributed by atoms with Crippen LogP contribution < -0.4 is 16.6 Å². The van der Waals surface area contributed by atoms with E-state index >= 15 is 0 Å². The maximum Gasteiger partial charge on any atom is 0.267 e. The Morgan fingerprint density at radius 2 is 2.08 bits per heavy atom. The fourth-order valence-electron chi connectivity index (χ4n) is 2.28. The molecule has 1 amide bonds. The molecule has 3 aromatic rings. The molecule has 0 saturated carbocycles. The highest BCUT2D eigenvalue weighted by molar-refractivity contribution is 5.90. The van der Waals surface area contributed by atoms with Gasteiger partial charge in [0.25, 0.3) is 5.56 Å². The summed E-state index contributed by atoms with van der Waals surface area (Å²) in [6.07, 6.45) is 1.54. The lowest BCUT2D eigenvalue weighted by molar-refractivity contribution is -0.117. The zero-order valence-electron chi connectivity index (χ0n) is 13.6. The smallest absolute Gasteiger partial charge is 0.267 e. The molecule has 0 aliphatic heterocycles. The van der Waals surface area contributed by atoms with Gasteiger partial charge < -0.3 is 11.1 Å². The molecule has 2 aromatic heterocycles. The minimum atomic E-state index is -0.428. The Morgan fingerprint density at radius 3 is 2.81 bits per heavy atom. The third kappa shape index (κ3) is 3.91. The van der Waals surface area contributed by atoms with Crippen LogP contribution in [0.15, 0.2) is 59.5 Å². The number of nitrogens with one attached hydrogen (secondary N) is 1. The van der Waals surface area contributed by atoms with Crippen molar-refractivity contribution >= 4 is 17.4 Å². The average molecular weight is 346 g/mol. The van der Waals surface area contributed by atoms with E-state index in [2.05, 4.69) is 15.4 Å². The first-order valence-electron chi connectivity index (χ1n) is 7.65. The summed E-state index contributed by atoms with van der Waals surface area (Å²) in [7, 11) is 0. The van der Waals surface area contributed by atoms with Gasteiger partial charge in [-0.3, -0.25) is 9.59 Å². The Labute approximate surface area is 148 Å². The van der Waals surface area contributed by atoms with Gasteiger partial charge in [0.15, 0.2) is 0 Å². The van der Waals surface area contributed by atoms with E-state index < -0.39 is 11.5 Å². The number of rotatable bonds is 4. The lowest BCUT2D eigenvalue weighted by Crippen LogP contribution is -2.29. The molecule has 0 saturated heterocycles. The van der Waals surface area contributed by atoms with Crippen molar-refractivity contribution in [2.24, 2.45) is 0 Å². The molecular weight excluding hydrogens is 332 g/mol. The largest absolute Gasteiger partial charge is 0.384 e. The van der Waals surface area contributed by atoms with Crippen molar-refractivity contribution in [2.45, 2.75) is 6.54 Å². The fraction of sp³-hybridized carbons (Fsp3) is 0.0556. The van der Waals surface area contributed by atoms with E-state index in [-0.39, 0.29) is 6.54 Å². The quantitative estimate of drug-likeness (QED) is 0.735. The van der Waals surface area contributed by atoms with E-state index in [4.69, 9.17) is 11.0 Å². The van der Waals surface area contributed by atoms with Crippen LogP contribution in [0.25, 0.3) is 11.3 Å². The number of pyridine rings is 1. The number of nitriles is 1. The van der Waals surface area contributed by atoms with Gasteiger partial charge in [-0.15, -0.1) is 0 Å². The zero-order valence-corrected chi connectivity index (χ0v) is 13.6. The first-order valence-corrected chi connectivity index (χ1v) is 7.65. The third-order valence-electron chi connectivity index (χ3n) is 3.52. The lowest BCUT2D eigenvalue weighted by Gasteiger charge is -2.08. The number of anilines is 2. The Hall–Kier alpha value is -3.99. The highest BCUT2D eigenvalue weighted by Gasteiger charge is 2.09. The summed E-state index contributed by atoms with van der Waals surface area (Å²) in [5.74, 6) is -0.0525. The number of nitrogens with two attached hydrogens (primary N) is 1. The molecule has 0 unspecified atom stereocenters. The molecule has 3 rings (SSSR count). The second kappa shape index (κ2) is 7.27. The highest BCUT2D eigenvalue weighted by atomic mass is 16.2. The van der Waals surface area contributed by atoms with E-state index in [1.165, 1.54) is 6.07 Å². The van der Waals surface area contributed by atoms with Crippen LogP contribution in [0, 0.1) is 11.3 Å². The monoisotopic (exact) mass is 346 g/mol. The van der Waals surface area contributed by atoms with Gasteiger partial charge in [0.1, 0.15) is 12.4 Å².